The molecule has 20 heavy (non-hydrogen) atoms. The molecule has 5 nitrogen and oxygen atoms in total. The smallest absolute Gasteiger partial charge is 0.376 e. The van der Waals surface area contributed by atoms with E-state index >= 15 is 0 Å². The Bertz CT molecular complexity index is 412. The molecule has 0 aliphatic carbocycles. The summed E-state index contributed by atoms with van der Waals surface area (Å²) in [6, 6.07) is 0. The summed E-state index contributed by atoms with van der Waals surface area (Å²) < 4.78 is 15.9. The van der Waals surface area contributed by atoms with Gasteiger partial charge >= 0.3 is 5.97 Å². The van der Waals surface area contributed by atoms with Crippen LogP contribution in [0.2, 0.25) is 0 Å². The van der Waals surface area contributed by atoms with E-state index < -0.39 is 5.97 Å². The number of ether oxygens (including phenoxy) is 2. The van der Waals surface area contributed by atoms with Gasteiger partial charge in [-0.15, -0.1) is 0 Å². The van der Waals surface area contributed by atoms with Gasteiger partial charge in [-0.1, -0.05) is 13.8 Å². The summed E-state index contributed by atoms with van der Waals surface area (Å²) in [5.41, 5.74) is 0.699. The zero-order valence-electron chi connectivity index (χ0n) is 12.9. The molecule has 1 aromatic heterocycles. The van der Waals surface area contributed by atoms with E-state index in [0.717, 1.165) is 6.42 Å². The number of oxazole rings is 1. The molecule has 0 aliphatic heterocycles. The molecule has 0 aliphatic rings. The first-order valence-corrected chi connectivity index (χ1v) is 7.31. The molecule has 1 aromatic rings. The molecule has 1 heterocycles. The third-order valence-electron chi connectivity index (χ3n) is 2.69. The van der Waals surface area contributed by atoms with Gasteiger partial charge in [0.1, 0.15) is 0 Å². The van der Waals surface area contributed by atoms with Gasteiger partial charge in [0.05, 0.1) is 12.3 Å². The molecule has 0 N–H and O–H groups in total. The van der Waals surface area contributed by atoms with E-state index in [0.29, 0.717) is 50.2 Å². The lowest BCUT2D eigenvalue weighted by atomic mass is 10.1. The van der Waals surface area contributed by atoms with Gasteiger partial charge < -0.3 is 13.9 Å². The lowest BCUT2D eigenvalue weighted by Gasteiger charge is -2.02. The molecule has 0 unspecified atom stereocenters. The highest BCUT2D eigenvalue weighted by molar-refractivity contribution is 5.87. The lowest BCUT2D eigenvalue weighted by molar-refractivity contribution is 0.0486. The van der Waals surface area contributed by atoms with Gasteiger partial charge in [-0.3, -0.25) is 0 Å². The predicted octanol–water partition coefficient (Wildman–Crippen LogP) is 3.02. The Kier molecular flexibility index (Phi) is 7.30. The highest BCUT2D eigenvalue weighted by Gasteiger charge is 2.21. The summed E-state index contributed by atoms with van der Waals surface area (Å²) in [4.78, 5) is 16.3. The van der Waals surface area contributed by atoms with Crippen LogP contribution in [-0.2, 0) is 22.3 Å². The number of aryl methyl sites for hydroxylation is 1. The second kappa shape index (κ2) is 8.74. The van der Waals surface area contributed by atoms with E-state index in [2.05, 4.69) is 18.8 Å². The molecule has 0 fully saturated rings. The maximum Gasteiger partial charge on any atom is 0.376 e. The summed E-state index contributed by atoms with van der Waals surface area (Å²) in [5.74, 6) is 0.826. The van der Waals surface area contributed by atoms with Gasteiger partial charge in [0.25, 0.3) is 0 Å². The van der Waals surface area contributed by atoms with Crippen LogP contribution < -0.4 is 0 Å². The molecule has 5 heteroatoms. The molecule has 114 valence electrons. The molecular formula is C15H25NO4. The SMILES string of the molecule is CCOCCCc1nc(CC(C)C)c(C(=O)OCC)o1. The number of carbonyl (C=O) groups is 1. The topological polar surface area (TPSA) is 61.6 Å². The van der Waals surface area contributed by atoms with Crippen molar-refractivity contribution in [3.8, 4) is 0 Å². The monoisotopic (exact) mass is 283 g/mol. The fourth-order valence-electron chi connectivity index (χ4n) is 1.86. The van der Waals surface area contributed by atoms with Crippen molar-refractivity contribution in [3.05, 3.63) is 17.3 Å². The van der Waals surface area contributed by atoms with Gasteiger partial charge in [0.15, 0.2) is 5.89 Å². The van der Waals surface area contributed by atoms with Crippen LogP contribution in [0.4, 0.5) is 0 Å². The van der Waals surface area contributed by atoms with Crippen LogP contribution in [0.25, 0.3) is 0 Å². The zero-order valence-corrected chi connectivity index (χ0v) is 12.9. The second-order valence-corrected chi connectivity index (χ2v) is 5.00. The molecular weight excluding hydrogens is 258 g/mol. The van der Waals surface area contributed by atoms with E-state index in [1.54, 1.807) is 6.92 Å². The zero-order chi connectivity index (χ0) is 15.0. The van der Waals surface area contributed by atoms with Crippen molar-refractivity contribution in [2.24, 2.45) is 5.92 Å². The largest absolute Gasteiger partial charge is 0.460 e. The van der Waals surface area contributed by atoms with E-state index in [1.165, 1.54) is 0 Å². The number of esters is 1. The van der Waals surface area contributed by atoms with Crippen molar-refractivity contribution in [1.82, 2.24) is 4.98 Å². The molecule has 0 spiro atoms. The van der Waals surface area contributed by atoms with Gasteiger partial charge in [-0.25, -0.2) is 9.78 Å². The molecule has 0 atom stereocenters. The Balaban J connectivity index is 2.74. The molecule has 1 rings (SSSR count). The highest BCUT2D eigenvalue weighted by atomic mass is 16.5. The van der Waals surface area contributed by atoms with Crippen molar-refractivity contribution in [1.29, 1.82) is 0 Å². The van der Waals surface area contributed by atoms with Gasteiger partial charge in [0.2, 0.25) is 5.76 Å². The molecule has 0 radical (unpaired) electrons. The first kappa shape index (κ1) is 16.7. The summed E-state index contributed by atoms with van der Waals surface area (Å²) in [7, 11) is 0. The summed E-state index contributed by atoms with van der Waals surface area (Å²) >= 11 is 0. The van der Waals surface area contributed by atoms with Crippen LogP contribution in [-0.4, -0.2) is 30.8 Å². The van der Waals surface area contributed by atoms with Crippen LogP contribution in [0.1, 0.15) is 56.3 Å². The van der Waals surface area contributed by atoms with E-state index in [-0.39, 0.29) is 5.76 Å². The molecule has 0 bridgehead atoms. The van der Waals surface area contributed by atoms with Crippen molar-refractivity contribution < 1.29 is 18.7 Å². The third kappa shape index (κ3) is 5.33. The Labute approximate surface area is 120 Å². The van der Waals surface area contributed by atoms with Gasteiger partial charge in [0, 0.05) is 19.6 Å². The van der Waals surface area contributed by atoms with Crippen LogP contribution in [0.3, 0.4) is 0 Å². The molecule has 0 saturated carbocycles. The molecule has 0 amide bonds. The van der Waals surface area contributed by atoms with Crippen LogP contribution in [0.15, 0.2) is 4.42 Å². The Hall–Kier alpha value is -1.36. The predicted molar refractivity (Wildman–Crippen MR) is 75.8 cm³/mol. The van der Waals surface area contributed by atoms with Crippen molar-refractivity contribution >= 4 is 5.97 Å². The second-order valence-electron chi connectivity index (χ2n) is 5.00. The summed E-state index contributed by atoms with van der Waals surface area (Å²) in [5, 5.41) is 0. The standard InChI is InChI=1S/C15H25NO4/c1-5-18-9-7-8-13-16-12(10-11(3)4)14(20-13)15(17)19-6-2/h11H,5-10H2,1-4H3. The van der Waals surface area contributed by atoms with E-state index in [1.807, 2.05) is 6.92 Å². The average Bonchev–Trinajstić information content (AvgIpc) is 2.77. The van der Waals surface area contributed by atoms with E-state index in [9.17, 15) is 4.79 Å². The van der Waals surface area contributed by atoms with Crippen LogP contribution >= 0.6 is 0 Å². The number of rotatable bonds is 9. The quantitative estimate of drug-likeness (QED) is 0.515. The van der Waals surface area contributed by atoms with Crippen molar-refractivity contribution in [3.63, 3.8) is 0 Å². The third-order valence-corrected chi connectivity index (χ3v) is 2.69. The minimum Gasteiger partial charge on any atom is -0.460 e. The van der Waals surface area contributed by atoms with Crippen LogP contribution in [0, 0.1) is 5.92 Å². The lowest BCUT2D eigenvalue weighted by Crippen LogP contribution is -2.08. The number of nitrogens with zero attached hydrogens (tertiary/aromatic N) is 1. The normalized spacial score (nSPS) is 11.1. The minimum atomic E-state index is -0.424. The molecule has 0 saturated heterocycles. The van der Waals surface area contributed by atoms with Gasteiger partial charge in [-0.2, -0.15) is 0 Å². The van der Waals surface area contributed by atoms with Crippen LogP contribution in [0.5, 0.6) is 0 Å². The van der Waals surface area contributed by atoms with Crippen molar-refractivity contribution in [2.45, 2.75) is 47.0 Å². The van der Waals surface area contributed by atoms with Crippen molar-refractivity contribution in [2.75, 3.05) is 19.8 Å². The number of hydrogen-bond acceptors (Lipinski definition) is 5. The number of aromatic nitrogens is 1. The maximum absolute atomic E-state index is 11.9. The summed E-state index contributed by atoms with van der Waals surface area (Å²) in [6.07, 6.45) is 2.21. The van der Waals surface area contributed by atoms with E-state index in [4.69, 9.17) is 13.9 Å². The Morgan fingerprint density at radius 2 is 2.05 bits per heavy atom. The number of carbonyl (C=O) groups excluding carboxylic acids is 1. The first-order valence-electron chi connectivity index (χ1n) is 7.31. The number of hydrogen-bond donors (Lipinski definition) is 0. The average molecular weight is 283 g/mol. The fraction of sp³-hybridized carbons (Fsp3) is 0.733. The summed E-state index contributed by atoms with van der Waals surface area (Å²) in [6.45, 7) is 9.62. The first-order chi connectivity index (χ1) is 9.58. The maximum atomic E-state index is 11.9. The highest BCUT2D eigenvalue weighted by Crippen LogP contribution is 2.17. The molecule has 0 aromatic carbocycles. The minimum absolute atomic E-state index is 0.256. The Morgan fingerprint density at radius 1 is 1.30 bits per heavy atom. The fourth-order valence-corrected chi connectivity index (χ4v) is 1.86. The Morgan fingerprint density at radius 3 is 2.65 bits per heavy atom. The van der Waals surface area contributed by atoms with Gasteiger partial charge in [-0.05, 0) is 32.6 Å².